The summed E-state index contributed by atoms with van der Waals surface area (Å²) in [6.45, 7) is 1.58. The van der Waals surface area contributed by atoms with Gasteiger partial charge in [0, 0.05) is 19.6 Å². The molecule has 2 amide bonds. The number of nitrogens with one attached hydrogen (secondary N) is 1. The van der Waals surface area contributed by atoms with E-state index in [4.69, 9.17) is 5.73 Å². The molecule has 3 N–H and O–H groups in total. The molecule has 88 valence electrons. The largest absolute Gasteiger partial charge is 0.335 e. The first kappa shape index (κ1) is 12.3. The zero-order chi connectivity index (χ0) is 11.1. The number of urea groups is 1. The lowest BCUT2D eigenvalue weighted by Crippen LogP contribution is -2.46. The third kappa shape index (κ3) is 4.51. The molecule has 0 spiro atoms. The third-order valence-corrected chi connectivity index (χ3v) is 2.98. The highest BCUT2D eigenvalue weighted by atomic mass is 16.2. The van der Waals surface area contributed by atoms with Gasteiger partial charge in [-0.25, -0.2) is 4.79 Å². The molecule has 0 saturated heterocycles. The van der Waals surface area contributed by atoms with E-state index in [0.717, 1.165) is 45.2 Å². The minimum Gasteiger partial charge on any atom is -0.335 e. The van der Waals surface area contributed by atoms with Crippen LogP contribution in [0.3, 0.4) is 0 Å². The van der Waals surface area contributed by atoms with Gasteiger partial charge in [0.05, 0.1) is 0 Å². The van der Waals surface area contributed by atoms with Crippen molar-refractivity contribution in [2.45, 2.75) is 44.6 Å². The molecule has 1 saturated carbocycles. The molecule has 1 fully saturated rings. The standard InChI is InChI=1S/C11H23N3O/c1-14(9-4-2-3-8-12)11(15)13-10-6-5-7-10/h10H,2-9,12H2,1H3,(H,13,15). The second-order valence-corrected chi connectivity index (χ2v) is 4.35. The first-order valence-corrected chi connectivity index (χ1v) is 5.95. The van der Waals surface area contributed by atoms with Crippen LogP contribution in [0.5, 0.6) is 0 Å². The minimum absolute atomic E-state index is 0.0763. The van der Waals surface area contributed by atoms with Crippen molar-refractivity contribution in [3.8, 4) is 0 Å². The SMILES string of the molecule is CN(CCCCCN)C(=O)NC1CCC1. The van der Waals surface area contributed by atoms with Crippen molar-refractivity contribution in [1.82, 2.24) is 10.2 Å². The van der Waals surface area contributed by atoms with Crippen LogP contribution in [0.2, 0.25) is 0 Å². The fraction of sp³-hybridized carbons (Fsp3) is 0.909. The zero-order valence-corrected chi connectivity index (χ0v) is 9.67. The Morgan fingerprint density at radius 3 is 2.67 bits per heavy atom. The zero-order valence-electron chi connectivity index (χ0n) is 9.67. The van der Waals surface area contributed by atoms with E-state index in [-0.39, 0.29) is 6.03 Å². The van der Waals surface area contributed by atoms with E-state index in [2.05, 4.69) is 5.32 Å². The lowest BCUT2D eigenvalue weighted by Gasteiger charge is -2.29. The molecule has 0 aromatic heterocycles. The number of hydrogen-bond acceptors (Lipinski definition) is 2. The lowest BCUT2D eigenvalue weighted by molar-refractivity contribution is 0.196. The number of hydrogen-bond donors (Lipinski definition) is 2. The summed E-state index contributed by atoms with van der Waals surface area (Å²) in [6, 6.07) is 0.511. The fourth-order valence-electron chi connectivity index (χ4n) is 1.61. The van der Waals surface area contributed by atoms with Crippen LogP contribution in [0.4, 0.5) is 4.79 Å². The van der Waals surface area contributed by atoms with Gasteiger partial charge in [-0.1, -0.05) is 6.42 Å². The summed E-state index contributed by atoms with van der Waals surface area (Å²) in [7, 11) is 1.86. The predicted molar refractivity (Wildman–Crippen MR) is 61.7 cm³/mol. The molecule has 0 heterocycles. The van der Waals surface area contributed by atoms with E-state index in [1.54, 1.807) is 4.90 Å². The molecular weight excluding hydrogens is 190 g/mol. The third-order valence-electron chi connectivity index (χ3n) is 2.98. The predicted octanol–water partition coefficient (Wildman–Crippen LogP) is 1.31. The Hall–Kier alpha value is -0.770. The quantitative estimate of drug-likeness (QED) is 0.654. The number of carbonyl (C=O) groups is 1. The summed E-state index contributed by atoms with van der Waals surface area (Å²) in [5.74, 6) is 0. The lowest BCUT2D eigenvalue weighted by atomic mass is 9.93. The van der Waals surface area contributed by atoms with Crippen LogP contribution in [0.15, 0.2) is 0 Å². The molecule has 0 unspecified atom stereocenters. The van der Waals surface area contributed by atoms with E-state index in [0.29, 0.717) is 6.04 Å². The summed E-state index contributed by atoms with van der Waals surface area (Å²) in [4.78, 5) is 13.4. The molecule has 4 nitrogen and oxygen atoms in total. The maximum Gasteiger partial charge on any atom is 0.317 e. The molecular formula is C11H23N3O. The Bertz CT molecular complexity index is 192. The first-order chi connectivity index (χ1) is 7.24. The minimum atomic E-state index is 0.0763. The van der Waals surface area contributed by atoms with E-state index in [9.17, 15) is 4.79 Å². The van der Waals surface area contributed by atoms with Crippen LogP contribution in [0.1, 0.15) is 38.5 Å². The van der Waals surface area contributed by atoms with Crippen molar-refractivity contribution in [2.24, 2.45) is 5.73 Å². The topological polar surface area (TPSA) is 58.4 Å². The fourth-order valence-corrected chi connectivity index (χ4v) is 1.61. The van der Waals surface area contributed by atoms with Crippen LogP contribution in [-0.4, -0.2) is 37.1 Å². The summed E-state index contributed by atoms with van der Waals surface area (Å²) < 4.78 is 0. The molecule has 1 rings (SSSR count). The van der Waals surface area contributed by atoms with Gasteiger partial charge in [0.1, 0.15) is 0 Å². The van der Waals surface area contributed by atoms with Crippen molar-refractivity contribution in [1.29, 1.82) is 0 Å². The summed E-state index contributed by atoms with van der Waals surface area (Å²) >= 11 is 0. The van der Waals surface area contributed by atoms with E-state index in [1.165, 1.54) is 6.42 Å². The smallest absolute Gasteiger partial charge is 0.317 e. The maximum absolute atomic E-state index is 11.6. The normalized spacial score (nSPS) is 15.9. The average Bonchev–Trinajstić information content (AvgIpc) is 2.17. The molecule has 0 aromatic rings. The molecule has 15 heavy (non-hydrogen) atoms. The van der Waals surface area contributed by atoms with E-state index >= 15 is 0 Å². The molecule has 1 aliphatic rings. The van der Waals surface area contributed by atoms with Gasteiger partial charge in [0.2, 0.25) is 0 Å². The number of nitrogens with zero attached hydrogens (tertiary/aromatic N) is 1. The second kappa shape index (κ2) is 6.67. The van der Waals surface area contributed by atoms with Crippen LogP contribution in [0, 0.1) is 0 Å². The number of amides is 2. The van der Waals surface area contributed by atoms with E-state index in [1.807, 2.05) is 7.05 Å². The number of carbonyl (C=O) groups excluding carboxylic acids is 1. The molecule has 0 aromatic carbocycles. The van der Waals surface area contributed by atoms with Crippen molar-refractivity contribution >= 4 is 6.03 Å². The van der Waals surface area contributed by atoms with Crippen LogP contribution < -0.4 is 11.1 Å². The van der Waals surface area contributed by atoms with E-state index < -0.39 is 0 Å². The van der Waals surface area contributed by atoms with Gasteiger partial charge in [-0.15, -0.1) is 0 Å². The van der Waals surface area contributed by atoms with Crippen LogP contribution in [0.25, 0.3) is 0 Å². The Morgan fingerprint density at radius 2 is 2.13 bits per heavy atom. The summed E-state index contributed by atoms with van der Waals surface area (Å²) in [5.41, 5.74) is 5.40. The number of unbranched alkanes of at least 4 members (excludes halogenated alkanes) is 2. The Balaban J connectivity index is 2.03. The monoisotopic (exact) mass is 213 g/mol. The van der Waals surface area contributed by atoms with Gasteiger partial charge < -0.3 is 16.0 Å². The first-order valence-electron chi connectivity index (χ1n) is 5.95. The second-order valence-electron chi connectivity index (χ2n) is 4.35. The van der Waals surface area contributed by atoms with Gasteiger partial charge in [-0.05, 0) is 38.6 Å². The number of nitrogens with two attached hydrogens (primary N) is 1. The Morgan fingerprint density at radius 1 is 1.40 bits per heavy atom. The number of rotatable bonds is 6. The average molecular weight is 213 g/mol. The summed E-state index contributed by atoms with van der Waals surface area (Å²) in [6.07, 6.45) is 6.76. The van der Waals surface area contributed by atoms with Gasteiger partial charge >= 0.3 is 6.03 Å². The summed E-state index contributed by atoms with van der Waals surface area (Å²) in [5, 5.41) is 3.02. The highest BCUT2D eigenvalue weighted by Crippen LogP contribution is 2.18. The van der Waals surface area contributed by atoms with Gasteiger partial charge in [0.25, 0.3) is 0 Å². The molecule has 0 radical (unpaired) electrons. The molecule has 0 atom stereocenters. The van der Waals surface area contributed by atoms with Crippen LogP contribution in [-0.2, 0) is 0 Å². The highest BCUT2D eigenvalue weighted by Gasteiger charge is 2.20. The molecule has 4 heteroatoms. The highest BCUT2D eigenvalue weighted by molar-refractivity contribution is 5.74. The molecule has 1 aliphatic carbocycles. The van der Waals surface area contributed by atoms with Crippen LogP contribution >= 0.6 is 0 Å². The van der Waals surface area contributed by atoms with Crippen molar-refractivity contribution in [2.75, 3.05) is 20.1 Å². The van der Waals surface area contributed by atoms with Crippen molar-refractivity contribution < 1.29 is 4.79 Å². The molecule has 0 aliphatic heterocycles. The van der Waals surface area contributed by atoms with Gasteiger partial charge in [-0.3, -0.25) is 0 Å². The van der Waals surface area contributed by atoms with Crippen molar-refractivity contribution in [3.05, 3.63) is 0 Å². The maximum atomic E-state index is 11.6. The van der Waals surface area contributed by atoms with Gasteiger partial charge in [-0.2, -0.15) is 0 Å². The Kier molecular flexibility index (Phi) is 5.47. The Labute approximate surface area is 92.2 Å². The van der Waals surface area contributed by atoms with Gasteiger partial charge in [0.15, 0.2) is 0 Å². The molecule has 0 bridgehead atoms. The van der Waals surface area contributed by atoms with Crippen molar-refractivity contribution in [3.63, 3.8) is 0 Å².